The number of pyridine rings is 2. The molecule has 0 unspecified atom stereocenters. The summed E-state index contributed by atoms with van der Waals surface area (Å²) in [6.07, 6.45) is 2.77. The average Bonchev–Trinajstić information content (AvgIpc) is 3.71. The molecule has 0 spiro atoms. The second-order valence-electron chi connectivity index (χ2n) is 14.5. The maximum Gasteiger partial charge on any atom is 0.274 e. The van der Waals surface area contributed by atoms with Crippen molar-refractivity contribution in [2.75, 3.05) is 40.5 Å². The number of ether oxygens (including phenoxy) is 2. The van der Waals surface area contributed by atoms with Gasteiger partial charge in [0, 0.05) is 81.6 Å². The molecular weight excluding hydrogens is 826 g/mol. The summed E-state index contributed by atoms with van der Waals surface area (Å²) in [6, 6.07) is 0.414. The van der Waals surface area contributed by atoms with Crippen molar-refractivity contribution in [2.24, 2.45) is 0 Å². The zero-order valence-electron chi connectivity index (χ0n) is 31.9. The molecule has 6 heterocycles. The third kappa shape index (κ3) is 7.56. The number of carbonyl (C=O) groups is 4. The van der Waals surface area contributed by atoms with Gasteiger partial charge in [0.05, 0.1) is 44.0 Å². The van der Waals surface area contributed by atoms with Crippen molar-refractivity contribution in [3.8, 4) is 11.5 Å². The van der Waals surface area contributed by atoms with Gasteiger partial charge in [-0.25, -0.2) is 26.3 Å². The lowest BCUT2D eigenvalue weighted by Crippen LogP contribution is -2.54. The topological polar surface area (TPSA) is 202 Å². The minimum atomic E-state index is -1.20. The Labute approximate surface area is 339 Å². The van der Waals surface area contributed by atoms with Crippen LogP contribution in [0.4, 0.5) is 26.3 Å². The van der Waals surface area contributed by atoms with Crippen LogP contribution in [-0.2, 0) is 22.6 Å². The summed E-state index contributed by atoms with van der Waals surface area (Å²) in [5.74, 6) is -12.0. The van der Waals surface area contributed by atoms with Crippen molar-refractivity contribution in [1.82, 2.24) is 29.6 Å². The summed E-state index contributed by atoms with van der Waals surface area (Å²) in [4.78, 5) is 78.2. The quantitative estimate of drug-likeness (QED) is 0.209. The Balaban J connectivity index is 0.000000184. The van der Waals surface area contributed by atoms with Crippen molar-refractivity contribution >= 4 is 23.6 Å². The highest BCUT2D eigenvalue weighted by Crippen LogP contribution is 2.35. The van der Waals surface area contributed by atoms with Crippen LogP contribution in [0.3, 0.4) is 0 Å². The van der Waals surface area contributed by atoms with Gasteiger partial charge in [0.15, 0.2) is 22.9 Å². The van der Waals surface area contributed by atoms with Crippen LogP contribution in [0.1, 0.15) is 71.3 Å². The van der Waals surface area contributed by atoms with Crippen molar-refractivity contribution < 1.29 is 65.2 Å². The predicted molar refractivity (Wildman–Crippen MR) is 196 cm³/mol. The number of halogens is 6. The third-order valence-electron chi connectivity index (χ3n) is 11.0. The van der Waals surface area contributed by atoms with Gasteiger partial charge in [-0.05, 0) is 6.42 Å². The Bertz CT molecular complexity index is 2590. The molecule has 61 heavy (non-hydrogen) atoms. The van der Waals surface area contributed by atoms with E-state index in [2.05, 4.69) is 10.6 Å². The van der Waals surface area contributed by atoms with E-state index in [0.717, 1.165) is 12.4 Å². The van der Waals surface area contributed by atoms with Crippen LogP contribution in [0.15, 0.2) is 46.2 Å². The molecule has 0 aliphatic carbocycles. The fraction of sp³-hybridized carbons (Fsp3) is 0.333. The first-order valence-corrected chi connectivity index (χ1v) is 18.4. The lowest BCUT2D eigenvalue weighted by Gasteiger charge is -2.44. The van der Waals surface area contributed by atoms with Crippen LogP contribution in [0.25, 0.3) is 0 Å². The molecule has 2 aromatic heterocycles. The number of fused-ring (bicyclic) bond motifs is 6. The molecule has 0 bridgehead atoms. The summed E-state index contributed by atoms with van der Waals surface area (Å²) < 4.78 is 94.7. The number of amides is 4. The van der Waals surface area contributed by atoms with Gasteiger partial charge in [0.2, 0.25) is 10.9 Å². The second kappa shape index (κ2) is 16.4. The van der Waals surface area contributed by atoms with E-state index >= 15 is 0 Å². The molecule has 0 radical (unpaired) electrons. The summed E-state index contributed by atoms with van der Waals surface area (Å²) in [5, 5.41) is 25.1. The van der Waals surface area contributed by atoms with Crippen molar-refractivity contribution in [2.45, 2.75) is 43.7 Å². The Hall–Kier alpha value is -6.68. The molecule has 4 aromatic rings. The van der Waals surface area contributed by atoms with Gasteiger partial charge in [0.25, 0.3) is 23.6 Å². The molecule has 16 nitrogen and oxygen atoms in total. The summed E-state index contributed by atoms with van der Waals surface area (Å²) >= 11 is 0. The first-order chi connectivity index (χ1) is 28.9. The molecule has 8 rings (SSSR count). The minimum absolute atomic E-state index is 0.199. The van der Waals surface area contributed by atoms with Gasteiger partial charge < -0.3 is 49.3 Å². The van der Waals surface area contributed by atoms with Crippen LogP contribution < -0.4 is 21.5 Å². The molecule has 0 saturated carbocycles. The maximum absolute atomic E-state index is 13.8. The smallest absolute Gasteiger partial charge is 0.274 e. The zero-order valence-corrected chi connectivity index (χ0v) is 31.9. The zero-order chi connectivity index (χ0) is 44.2. The predicted octanol–water partition coefficient (Wildman–Crippen LogP) is 2.24. The normalized spacial score (nSPS) is 20.2. The third-order valence-corrected chi connectivity index (χ3v) is 11.0. The van der Waals surface area contributed by atoms with Gasteiger partial charge in [-0.15, -0.1) is 0 Å². The van der Waals surface area contributed by atoms with E-state index in [4.69, 9.17) is 9.47 Å². The van der Waals surface area contributed by atoms with E-state index in [1.54, 1.807) is 0 Å². The molecule has 322 valence electrons. The van der Waals surface area contributed by atoms with E-state index in [9.17, 15) is 65.3 Å². The summed E-state index contributed by atoms with van der Waals surface area (Å²) in [6.45, 7) is -0.214. The first kappa shape index (κ1) is 42.4. The standard InChI is InChI=1S/C20H18F3N3O5.C19H16F3N3O5/c1-25-15-8-31-3-2-14(15)26-7-11(17(27)18(28)16(26)20(25)30)19(29)24-6-10-12(22)4-9(21)5-13(10)23;1-24-13-6-30-7-14(13)25-5-10(16(26)17(27)15(25)19(24)29)18(28)23-4-9-11(21)2-8(20)3-12(9)22/h4-5,7,14-15,28H,2-3,6,8H2,1H3,(H,24,29);2-3,5,13-14,27H,4,6-7H2,1H3,(H,23,28)/t14-,15-;13-,14-/m11/s1. The maximum atomic E-state index is 13.8. The highest BCUT2D eigenvalue weighted by Gasteiger charge is 2.44. The number of aromatic hydroxyl groups is 2. The van der Waals surface area contributed by atoms with Gasteiger partial charge >= 0.3 is 0 Å². The molecule has 2 fully saturated rings. The number of likely N-dealkylation sites (N-methyl/N-ethyl adjacent to an activating group) is 2. The van der Waals surface area contributed by atoms with Crippen LogP contribution in [0.2, 0.25) is 0 Å². The second-order valence-corrected chi connectivity index (χ2v) is 14.5. The van der Waals surface area contributed by atoms with Crippen molar-refractivity contribution in [3.05, 3.63) is 126 Å². The summed E-state index contributed by atoms with van der Waals surface area (Å²) in [7, 11) is 3.06. The first-order valence-electron chi connectivity index (χ1n) is 18.4. The largest absolute Gasteiger partial charge is 0.503 e. The number of nitrogens with one attached hydrogen (secondary N) is 2. The number of rotatable bonds is 6. The number of hydrogen-bond acceptors (Lipinski definition) is 10. The van der Waals surface area contributed by atoms with Gasteiger partial charge in [-0.3, -0.25) is 28.8 Å². The molecule has 22 heteroatoms. The highest BCUT2D eigenvalue weighted by atomic mass is 19.2. The lowest BCUT2D eigenvalue weighted by atomic mass is 9.96. The number of hydrogen-bond donors (Lipinski definition) is 4. The van der Waals surface area contributed by atoms with E-state index in [1.807, 2.05) is 0 Å². The SMILES string of the molecule is CN1C(=O)c2c(O)c(=O)c(C(=O)NCc3c(F)cc(F)cc3F)cn2[C@@H]2CCOC[C@H]21.CN1C(=O)c2c(O)c(=O)c(C(=O)NCc3c(F)cc(F)cc3F)cn2[C@@H]2COC[C@H]21. The Morgan fingerprint density at radius 2 is 1.00 bits per heavy atom. The van der Waals surface area contributed by atoms with E-state index in [0.29, 0.717) is 37.3 Å². The fourth-order valence-electron chi connectivity index (χ4n) is 7.73. The molecule has 4 aliphatic rings. The minimum Gasteiger partial charge on any atom is -0.503 e. The van der Waals surface area contributed by atoms with Gasteiger partial charge in [0.1, 0.15) is 46.0 Å². The monoisotopic (exact) mass is 860 g/mol. The number of aromatic nitrogens is 2. The van der Waals surface area contributed by atoms with Crippen molar-refractivity contribution in [1.29, 1.82) is 0 Å². The molecule has 4 amide bonds. The van der Waals surface area contributed by atoms with E-state index < -0.39 is 122 Å². The Morgan fingerprint density at radius 1 is 0.623 bits per heavy atom. The molecule has 2 aromatic carbocycles. The van der Waals surface area contributed by atoms with Gasteiger partial charge in [-0.2, -0.15) is 0 Å². The van der Waals surface area contributed by atoms with Crippen LogP contribution >= 0.6 is 0 Å². The van der Waals surface area contributed by atoms with Crippen LogP contribution in [-0.4, -0.2) is 105 Å². The Morgan fingerprint density at radius 3 is 1.44 bits per heavy atom. The molecule has 2 saturated heterocycles. The highest BCUT2D eigenvalue weighted by molar-refractivity contribution is 6.00. The molecular formula is C39H34F6N6O10. The number of carbonyl (C=O) groups excluding carboxylic acids is 4. The molecule has 4 aliphatic heterocycles. The Kier molecular flexibility index (Phi) is 11.4. The van der Waals surface area contributed by atoms with Crippen LogP contribution in [0, 0.1) is 34.9 Å². The van der Waals surface area contributed by atoms with E-state index in [1.165, 1.54) is 33.0 Å². The molecule has 4 atom stereocenters. The lowest BCUT2D eigenvalue weighted by molar-refractivity contribution is -0.0115. The van der Waals surface area contributed by atoms with Crippen LogP contribution in [0.5, 0.6) is 11.5 Å². The average molecular weight is 861 g/mol. The summed E-state index contributed by atoms with van der Waals surface area (Å²) in [5.41, 5.74) is -4.86. The van der Waals surface area contributed by atoms with Crippen molar-refractivity contribution in [3.63, 3.8) is 0 Å². The fourth-order valence-corrected chi connectivity index (χ4v) is 7.73. The molecule has 4 N–H and O–H groups in total. The number of benzene rings is 2. The number of nitrogens with zero attached hydrogens (tertiary/aromatic N) is 4. The van der Waals surface area contributed by atoms with E-state index in [-0.39, 0.29) is 49.3 Å². The van der Waals surface area contributed by atoms with Gasteiger partial charge in [-0.1, -0.05) is 0 Å².